The van der Waals surface area contributed by atoms with Gasteiger partial charge in [-0.25, -0.2) is 4.79 Å². The molecule has 0 atom stereocenters. The Morgan fingerprint density at radius 3 is 2.15 bits per heavy atom. The van der Waals surface area contributed by atoms with Crippen molar-refractivity contribution in [2.24, 2.45) is 0 Å². The van der Waals surface area contributed by atoms with Crippen LogP contribution in [0.5, 0.6) is 0 Å². The molecule has 0 aromatic carbocycles. The molecule has 0 heterocycles. The van der Waals surface area contributed by atoms with E-state index in [1.165, 1.54) is 0 Å². The molecule has 0 fully saturated rings. The molecule has 2 amide bonds. The minimum atomic E-state index is -0.123. The highest BCUT2D eigenvalue weighted by Gasteiger charge is 2.08. The number of rotatable bonds is 4. The maximum Gasteiger partial charge on any atom is 0.320 e. The molecule has 0 saturated heterocycles. The number of hydrogen-bond donors (Lipinski definition) is 2. The van der Waals surface area contributed by atoms with Crippen LogP contribution in [0.2, 0.25) is 0 Å². The van der Waals surface area contributed by atoms with Crippen molar-refractivity contribution in [1.82, 2.24) is 15.5 Å². The molecule has 2 N–H and O–H groups in total. The van der Waals surface area contributed by atoms with Gasteiger partial charge < -0.3 is 9.80 Å². The van der Waals surface area contributed by atoms with Crippen LogP contribution in [0.3, 0.4) is 0 Å². The molecule has 13 heavy (non-hydrogen) atoms. The summed E-state index contributed by atoms with van der Waals surface area (Å²) in [5.74, 6) is 0. The lowest BCUT2D eigenvalue weighted by Gasteiger charge is -2.24. The zero-order chi connectivity index (χ0) is 10.5. The minimum absolute atomic E-state index is 0.123. The third-order valence-electron chi connectivity index (χ3n) is 1.27. The highest BCUT2D eigenvalue weighted by Crippen LogP contribution is 1.84. The van der Waals surface area contributed by atoms with E-state index in [0.717, 1.165) is 4.48 Å². The number of urea groups is 1. The Morgan fingerprint density at radius 2 is 1.77 bits per heavy atom. The monoisotopic (exact) mass is 189 g/mol. The van der Waals surface area contributed by atoms with Crippen molar-refractivity contribution in [3.8, 4) is 0 Å². The SMILES string of the molecule is CN(C)CNC(=O)NC[N+](C)(C)C. The summed E-state index contributed by atoms with van der Waals surface area (Å²) in [5, 5.41) is 5.49. The average molecular weight is 189 g/mol. The van der Waals surface area contributed by atoms with Crippen LogP contribution in [0.15, 0.2) is 0 Å². The number of quaternary nitrogens is 1. The molecule has 0 aliphatic rings. The number of hydrogen-bond acceptors (Lipinski definition) is 2. The lowest BCUT2D eigenvalue weighted by Crippen LogP contribution is -2.49. The third-order valence-corrected chi connectivity index (χ3v) is 1.27. The first kappa shape index (κ1) is 12.2. The smallest absolute Gasteiger partial charge is 0.320 e. The summed E-state index contributed by atoms with van der Waals surface area (Å²) < 4.78 is 0.718. The topological polar surface area (TPSA) is 44.4 Å². The Kier molecular flexibility index (Phi) is 4.72. The van der Waals surface area contributed by atoms with Gasteiger partial charge in [-0.3, -0.25) is 10.2 Å². The van der Waals surface area contributed by atoms with Gasteiger partial charge in [-0.2, -0.15) is 0 Å². The van der Waals surface area contributed by atoms with Gasteiger partial charge in [0.25, 0.3) is 0 Å². The van der Waals surface area contributed by atoms with E-state index in [0.29, 0.717) is 13.3 Å². The number of carbonyl (C=O) groups excluding carboxylic acids is 1. The number of nitrogens with one attached hydrogen (secondary N) is 2. The Bertz CT molecular complexity index is 162. The molecule has 5 nitrogen and oxygen atoms in total. The Balaban J connectivity index is 3.53. The molecule has 0 unspecified atom stereocenters. The largest absolute Gasteiger partial charge is 0.325 e. The zero-order valence-electron chi connectivity index (χ0n) is 9.22. The van der Waals surface area contributed by atoms with Gasteiger partial charge in [-0.05, 0) is 14.1 Å². The van der Waals surface area contributed by atoms with Crippen molar-refractivity contribution in [1.29, 1.82) is 0 Å². The molecule has 0 bridgehead atoms. The van der Waals surface area contributed by atoms with Crippen molar-refractivity contribution >= 4 is 6.03 Å². The minimum Gasteiger partial charge on any atom is -0.325 e. The van der Waals surface area contributed by atoms with E-state index in [9.17, 15) is 4.79 Å². The van der Waals surface area contributed by atoms with E-state index in [1.54, 1.807) is 0 Å². The predicted molar refractivity (Wildman–Crippen MR) is 53.1 cm³/mol. The molecular formula is C8H21N4O+. The van der Waals surface area contributed by atoms with Gasteiger partial charge in [0.2, 0.25) is 0 Å². The zero-order valence-corrected chi connectivity index (χ0v) is 9.22. The third kappa shape index (κ3) is 9.10. The van der Waals surface area contributed by atoms with E-state index in [1.807, 2.05) is 40.1 Å². The van der Waals surface area contributed by atoms with E-state index >= 15 is 0 Å². The summed E-state index contributed by atoms with van der Waals surface area (Å²) in [4.78, 5) is 13.0. The second kappa shape index (κ2) is 5.04. The van der Waals surface area contributed by atoms with Crippen molar-refractivity contribution in [2.45, 2.75) is 0 Å². The second-order valence-corrected chi connectivity index (χ2v) is 4.37. The molecule has 0 aliphatic carbocycles. The van der Waals surface area contributed by atoms with Crippen LogP contribution >= 0.6 is 0 Å². The summed E-state index contributed by atoms with van der Waals surface area (Å²) >= 11 is 0. The highest BCUT2D eigenvalue weighted by atomic mass is 16.2. The summed E-state index contributed by atoms with van der Waals surface area (Å²) in [7, 11) is 9.87. The van der Waals surface area contributed by atoms with Gasteiger partial charge in [0, 0.05) is 0 Å². The van der Waals surface area contributed by atoms with Crippen LogP contribution in [0.25, 0.3) is 0 Å². The van der Waals surface area contributed by atoms with Gasteiger partial charge >= 0.3 is 6.03 Å². The summed E-state index contributed by atoms with van der Waals surface area (Å²) in [5.41, 5.74) is 0. The second-order valence-electron chi connectivity index (χ2n) is 4.37. The van der Waals surface area contributed by atoms with Crippen LogP contribution in [-0.2, 0) is 0 Å². The molecule has 78 valence electrons. The van der Waals surface area contributed by atoms with Gasteiger partial charge in [-0.15, -0.1) is 0 Å². The van der Waals surface area contributed by atoms with Crippen LogP contribution < -0.4 is 10.6 Å². The first-order chi connectivity index (χ1) is 5.81. The van der Waals surface area contributed by atoms with E-state index in [2.05, 4.69) is 10.6 Å². The van der Waals surface area contributed by atoms with E-state index in [4.69, 9.17) is 0 Å². The molecule has 0 spiro atoms. The number of carbonyl (C=O) groups is 1. The van der Waals surface area contributed by atoms with Crippen molar-refractivity contribution in [3.05, 3.63) is 0 Å². The van der Waals surface area contributed by atoms with Crippen LogP contribution in [0.1, 0.15) is 0 Å². The highest BCUT2D eigenvalue weighted by molar-refractivity contribution is 5.73. The van der Waals surface area contributed by atoms with Crippen molar-refractivity contribution in [3.63, 3.8) is 0 Å². The summed E-state index contributed by atoms with van der Waals surface area (Å²) in [6.07, 6.45) is 0. The maximum atomic E-state index is 11.1. The maximum absolute atomic E-state index is 11.1. The number of amides is 2. The van der Waals surface area contributed by atoms with Crippen LogP contribution in [0.4, 0.5) is 4.79 Å². The average Bonchev–Trinajstić information content (AvgIpc) is 1.95. The van der Waals surface area contributed by atoms with Gasteiger partial charge in [-0.1, -0.05) is 0 Å². The Labute approximate surface area is 80.3 Å². The van der Waals surface area contributed by atoms with E-state index in [-0.39, 0.29) is 6.03 Å². The molecule has 0 aliphatic heterocycles. The van der Waals surface area contributed by atoms with Crippen molar-refractivity contribution < 1.29 is 9.28 Å². The molecule has 0 aromatic rings. The van der Waals surface area contributed by atoms with Gasteiger partial charge in [0.05, 0.1) is 27.8 Å². The standard InChI is InChI=1S/C8H20N4O/c1-11(2)6-9-8(13)10-7-12(3,4)5/h6-7H2,1-5H3,(H-,9,10,13)/p+1. The normalized spacial score (nSPS) is 11.5. The fourth-order valence-electron chi connectivity index (χ4n) is 0.601. The molecule has 0 saturated carbocycles. The predicted octanol–water partition coefficient (Wildman–Crippen LogP) is -0.532. The molecule has 0 radical (unpaired) electrons. The Morgan fingerprint density at radius 1 is 1.23 bits per heavy atom. The van der Waals surface area contributed by atoms with Gasteiger partial charge in [0.15, 0.2) is 6.67 Å². The lowest BCUT2D eigenvalue weighted by atomic mass is 10.7. The van der Waals surface area contributed by atoms with Crippen molar-refractivity contribution in [2.75, 3.05) is 48.6 Å². The molecular weight excluding hydrogens is 168 g/mol. The first-order valence-electron chi connectivity index (χ1n) is 4.28. The fraction of sp³-hybridized carbons (Fsp3) is 0.875. The van der Waals surface area contributed by atoms with Crippen LogP contribution in [-0.4, -0.2) is 64.0 Å². The fourth-order valence-corrected chi connectivity index (χ4v) is 0.601. The molecule has 0 rings (SSSR count). The quantitative estimate of drug-likeness (QED) is 0.461. The summed E-state index contributed by atoms with van der Waals surface area (Å²) in [6, 6.07) is -0.123. The first-order valence-corrected chi connectivity index (χ1v) is 4.28. The summed E-state index contributed by atoms with van der Waals surface area (Å²) in [6.45, 7) is 1.18. The Hall–Kier alpha value is -0.810. The van der Waals surface area contributed by atoms with Gasteiger partial charge in [0.1, 0.15) is 0 Å². The van der Waals surface area contributed by atoms with E-state index < -0.39 is 0 Å². The molecule has 0 aromatic heterocycles. The molecule has 5 heteroatoms. The van der Waals surface area contributed by atoms with Crippen LogP contribution in [0, 0.1) is 0 Å². The number of nitrogens with zero attached hydrogens (tertiary/aromatic N) is 2. The lowest BCUT2D eigenvalue weighted by molar-refractivity contribution is -0.872.